The molecule has 0 saturated carbocycles. The molecule has 1 aromatic heterocycles. The number of allylic oxidation sites excluding steroid dienone is 3. The number of nitrogens with two attached hydrogens (primary N) is 2. The van der Waals surface area contributed by atoms with Crippen molar-refractivity contribution in [2.45, 2.75) is 61.3 Å². The highest BCUT2D eigenvalue weighted by molar-refractivity contribution is 5.90. The second-order valence-electron chi connectivity index (χ2n) is 7.89. The molecule has 2 rings (SSSR count). The molecule has 2 aromatic rings. The van der Waals surface area contributed by atoms with Crippen LogP contribution in [0.1, 0.15) is 68.6 Å². The predicted octanol–water partition coefficient (Wildman–Crippen LogP) is 5.41. The van der Waals surface area contributed by atoms with Gasteiger partial charge in [-0.2, -0.15) is 0 Å². The normalized spacial score (nSPS) is 13.1. The van der Waals surface area contributed by atoms with Crippen LogP contribution < -0.4 is 11.5 Å². The standard InChI is InChI=1S/C22H27N3O2.C4H10/c1-12-9-10-19(26)15(4)20(12)17(21(23)16(5)22(24)27)11-13(2)18-8-6-7-14(3)25-18;1-3-4-2/h6-11,16,26H,23H2,1-5H3,(H2,24,27);3-4H2,1-2H3/b13-11+,21-17-;. The molecule has 0 bridgehead atoms. The van der Waals surface area contributed by atoms with E-state index in [4.69, 9.17) is 11.5 Å². The molecule has 1 atom stereocenters. The van der Waals surface area contributed by atoms with Gasteiger partial charge in [-0.05, 0) is 81.2 Å². The van der Waals surface area contributed by atoms with E-state index in [0.29, 0.717) is 16.8 Å². The summed E-state index contributed by atoms with van der Waals surface area (Å²) in [4.78, 5) is 16.3. The SMILES string of the molecule is C/C(=C\C(=C(\N)C(C)C(N)=O)c1c(C)ccc(O)c1C)c1cccc(C)n1.CCCC. The van der Waals surface area contributed by atoms with Gasteiger partial charge < -0.3 is 16.6 Å². The molecule has 0 saturated heterocycles. The smallest absolute Gasteiger partial charge is 0.226 e. The zero-order valence-corrected chi connectivity index (χ0v) is 19.9. The number of hydrogen-bond acceptors (Lipinski definition) is 4. The van der Waals surface area contributed by atoms with Crippen molar-refractivity contribution >= 4 is 17.1 Å². The molecule has 1 unspecified atom stereocenters. The minimum atomic E-state index is -0.643. The number of aromatic hydroxyl groups is 1. The number of aryl methyl sites for hydroxylation is 2. The van der Waals surface area contributed by atoms with E-state index < -0.39 is 11.8 Å². The van der Waals surface area contributed by atoms with Gasteiger partial charge in [0.15, 0.2) is 0 Å². The quantitative estimate of drug-likeness (QED) is 0.540. The number of amides is 1. The summed E-state index contributed by atoms with van der Waals surface area (Å²) in [6.45, 7) is 13.7. The summed E-state index contributed by atoms with van der Waals surface area (Å²) in [5, 5.41) is 10.2. The van der Waals surface area contributed by atoms with Crippen molar-refractivity contribution in [2.75, 3.05) is 0 Å². The molecule has 5 N–H and O–H groups in total. The molecule has 5 nitrogen and oxygen atoms in total. The van der Waals surface area contributed by atoms with Crippen molar-refractivity contribution in [3.8, 4) is 5.75 Å². The van der Waals surface area contributed by atoms with Gasteiger partial charge in [-0.1, -0.05) is 38.8 Å². The molecule has 0 aliphatic heterocycles. The Hall–Kier alpha value is -3.08. The van der Waals surface area contributed by atoms with Gasteiger partial charge in [0.05, 0.1) is 11.6 Å². The largest absolute Gasteiger partial charge is 0.508 e. The first-order valence-corrected chi connectivity index (χ1v) is 10.8. The summed E-state index contributed by atoms with van der Waals surface area (Å²) < 4.78 is 0. The number of aromatic nitrogens is 1. The average molecular weight is 424 g/mol. The third-order valence-corrected chi connectivity index (χ3v) is 5.27. The monoisotopic (exact) mass is 423 g/mol. The van der Waals surface area contributed by atoms with E-state index in [-0.39, 0.29) is 5.75 Å². The summed E-state index contributed by atoms with van der Waals surface area (Å²) >= 11 is 0. The van der Waals surface area contributed by atoms with Crippen molar-refractivity contribution in [2.24, 2.45) is 17.4 Å². The third-order valence-electron chi connectivity index (χ3n) is 5.27. The van der Waals surface area contributed by atoms with Crippen molar-refractivity contribution in [1.29, 1.82) is 0 Å². The summed E-state index contributed by atoms with van der Waals surface area (Å²) in [6, 6.07) is 9.28. The van der Waals surface area contributed by atoms with Crippen LogP contribution in [0.15, 0.2) is 42.1 Å². The molecule has 1 heterocycles. The number of carbonyl (C=O) groups excluding carboxylic acids is 1. The van der Waals surface area contributed by atoms with Crippen LogP contribution in [0.25, 0.3) is 11.1 Å². The molecular weight excluding hydrogens is 386 g/mol. The van der Waals surface area contributed by atoms with Crippen LogP contribution in [0.4, 0.5) is 0 Å². The lowest BCUT2D eigenvalue weighted by Crippen LogP contribution is -2.26. The van der Waals surface area contributed by atoms with Crippen LogP contribution in [0, 0.1) is 26.7 Å². The highest BCUT2D eigenvalue weighted by Crippen LogP contribution is 2.34. The molecule has 0 aliphatic carbocycles. The number of phenolic OH excluding ortho intramolecular Hbond substituents is 1. The fourth-order valence-electron chi connectivity index (χ4n) is 2.99. The number of benzene rings is 1. The second kappa shape index (κ2) is 11.9. The number of nitrogens with zero attached hydrogens (tertiary/aromatic N) is 1. The Morgan fingerprint density at radius 3 is 2.23 bits per heavy atom. The van der Waals surface area contributed by atoms with E-state index in [1.165, 1.54) is 12.8 Å². The zero-order valence-electron chi connectivity index (χ0n) is 19.9. The van der Waals surface area contributed by atoms with Gasteiger partial charge >= 0.3 is 0 Å². The Morgan fingerprint density at radius 1 is 1.10 bits per heavy atom. The molecule has 0 aliphatic rings. The molecular formula is C26H37N3O2. The molecule has 0 radical (unpaired) electrons. The minimum Gasteiger partial charge on any atom is -0.508 e. The van der Waals surface area contributed by atoms with Gasteiger partial charge in [0.1, 0.15) is 5.75 Å². The lowest BCUT2D eigenvalue weighted by molar-refractivity contribution is -0.120. The lowest BCUT2D eigenvalue weighted by atomic mass is 9.89. The fraction of sp³-hybridized carbons (Fsp3) is 0.385. The highest BCUT2D eigenvalue weighted by atomic mass is 16.3. The van der Waals surface area contributed by atoms with Crippen LogP contribution in [-0.4, -0.2) is 16.0 Å². The summed E-state index contributed by atoms with van der Waals surface area (Å²) in [5.41, 5.74) is 18.0. The van der Waals surface area contributed by atoms with Crippen LogP contribution in [0.2, 0.25) is 0 Å². The minimum absolute atomic E-state index is 0.173. The first-order chi connectivity index (χ1) is 14.5. The van der Waals surface area contributed by atoms with E-state index in [1.807, 2.05) is 58.0 Å². The number of phenols is 1. The average Bonchev–Trinajstić information content (AvgIpc) is 2.74. The van der Waals surface area contributed by atoms with Crippen LogP contribution >= 0.6 is 0 Å². The van der Waals surface area contributed by atoms with Crippen molar-refractivity contribution in [3.63, 3.8) is 0 Å². The molecule has 1 amide bonds. The Kier molecular flexibility index (Phi) is 10.00. The van der Waals surface area contributed by atoms with Gasteiger partial charge in [0.25, 0.3) is 0 Å². The zero-order chi connectivity index (χ0) is 23.7. The Morgan fingerprint density at radius 2 is 1.71 bits per heavy atom. The maximum atomic E-state index is 11.7. The van der Waals surface area contributed by atoms with Gasteiger partial charge in [-0.15, -0.1) is 0 Å². The Balaban J connectivity index is 0.00000110. The van der Waals surface area contributed by atoms with Gasteiger partial charge in [-0.3, -0.25) is 9.78 Å². The predicted molar refractivity (Wildman–Crippen MR) is 130 cm³/mol. The number of pyridine rings is 1. The number of unbranched alkanes of at least 4 members (excludes halogenated alkanes) is 1. The van der Waals surface area contributed by atoms with Crippen LogP contribution in [-0.2, 0) is 4.79 Å². The number of hydrogen-bond donors (Lipinski definition) is 3. The Labute approximate surface area is 186 Å². The van der Waals surface area contributed by atoms with Gasteiger partial charge in [0, 0.05) is 17.0 Å². The fourth-order valence-corrected chi connectivity index (χ4v) is 2.99. The molecule has 31 heavy (non-hydrogen) atoms. The maximum absolute atomic E-state index is 11.7. The van der Waals surface area contributed by atoms with E-state index in [2.05, 4.69) is 18.8 Å². The molecule has 0 spiro atoms. The van der Waals surface area contributed by atoms with Crippen molar-refractivity contribution in [3.05, 3.63) is 70.2 Å². The molecule has 5 heteroatoms. The molecule has 168 valence electrons. The Bertz CT molecular complexity index is 973. The topological polar surface area (TPSA) is 102 Å². The van der Waals surface area contributed by atoms with Gasteiger partial charge in [-0.25, -0.2) is 0 Å². The van der Waals surface area contributed by atoms with E-state index in [9.17, 15) is 9.90 Å². The van der Waals surface area contributed by atoms with Crippen molar-refractivity contribution < 1.29 is 9.90 Å². The number of primary amides is 1. The molecule has 0 fully saturated rings. The van der Waals surface area contributed by atoms with Crippen molar-refractivity contribution in [1.82, 2.24) is 4.98 Å². The maximum Gasteiger partial charge on any atom is 0.226 e. The molecule has 1 aromatic carbocycles. The first-order valence-electron chi connectivity index (χ1n) is 10.8. The van der Waals surface area contributed by atoms with Crippen LogP contribution in [0.3, 0.4) is 0 Å². The lowest BCUT2D eigenvalue weighted by Gasteiger charge is -2.19. The number of carbonyl (C=O) groups is 1. The summed E-state index contributed by atoms with van der Waals surface area (Å²) in [6.07, 6.45) is 4.55. The third kappa shape index (κ3) is 6.99. The first kappa shape index (κ1) is 26.0. The van der Waals surface area contributed by atoms with E-state index in [1.54, 1.807) is 13.0 Å². The van der Waals surface area contributed by atoms with E-state index in [0.717, 1.165) is 28.1 Å². The summed E-state index contributed by atoms with van der Waals surface area (Å²) in [5.74, 6) is -0.969. The van der Waals surface area contributed by atoms with Gasteiger partial charge in [0.2, 0.25) is 5.91 Å². The highest BCUT2D eigenvalue weighted by Gasteiger charge is 2.20. The van der Waals surface area contributed by atoms with E-state index >= 15 is 0 Å². The number of rotatable bonds is 6. The van der Waals surface area contributed by atoms with Crippen LogP contribution in [0.5, 0.6) is 5.75 Å². The second-order valence-corrected chi connectivity index (χ2v) is 7.89. The summed E-state index contributed by atoms with van der Waals surface area (Å²) in [7, 11) is 0.